The lowest BCUT2D eigenvalue weighted by atomic mass is 9.76. The average molecular weight is 433 g/mol. The number of rotatable bonds is 3. The van der Waals surface area contributed by atoms with Crippen LogP contribution in [-0.2, 0) is 0 Å². The monoisotopic (exact) mass is 432 g/mol. The molecule has 0 spiro atoms. The van der Waals surface area contributed by atoms with E-state index >= 15 is 0 Å². The van der Waals surface area contributed by atoms with Gasteiger partial charge in [0.05, 0.1) is 21.8 Å². The third-order valence-corrected chi connectivity index (χ3v) is 6.77. The van der Waals surface area contributed by atoms with Gasteiger partial charge in [0.25, 0.3) is 0 Å². The molecule has 1 heterocycles. The van der Waals surface area contributed by atoms with Crippen LogP contribution in [0.4, 0.5) is 11.4 Å². The summed E-state index contributed by atoms with van der Waals surface area (Å²) in [4.78, 5) is 4.57. The van der Waals surface area contributed by atoms with Crippen molar-refractivity contribution in [2.75, 3.05) is 5.32 Å². The van der Waals surface area contributed by atoms with Gasteiger partial charge in [-0.15, -0.1) is 0 Å². The zero-order chi connectivity index (χ0) is 20.7. The van der Waals surface area contributed by atoms with Crippen molar-refractivity contribution in [3.63, 3.8) is 0 Å². The van der Waals surface area contributed by atoms with Crippen LogP contribution in [0.3, 0.4) is 0 Å². The molecule has 1 N–H and O–H groups in total. The standard InChI is InChI=1S/C26H22Cl2N2/c1-16-8-13-25-21(14-16)19-4-2-5-20(19)26(30-25)17-9-11-18(12-10-17)29-15-22-23(27)6-3-7-24(22)28/h2-4,6-15,19-20,26,30H,5H2,1H3/t19-,20+,26-/m0/s1. The highest BCUT2D eigenvalue weighted by Gasteiger charge is 2.37. The fourth-order valence-corrected chi connectivity index (χ4v) is 5.08. The maximum atomic E-state index is 6.24. The molecule has 0 radical (unpaired) electrons. The molecule has 3 aromatic carbocycles. The molecule has 2 aliphatic rings. The molecule has 0 aromatic heterocycles. The summed E-state index contributed by atoms with van der Waals surface area (Å²) in [7, 11) is 0. The SMILES string of the molecule is Cc1ccc2c(c1)[C@H]1C=CC[C@H]1[C@H](c1ccc(N=Cc3c(Cl)cccc3Cl)cc1)N2. The van der Waals surface area contributed by atoms with Crippen molar-refractivity contribution in [3.8, 4) is 0 Å². The van der Waals surface area contributed by atoms with E-state index < -0.39 is 0 Å². The summed E-state index contributed by atoms with van der Waals surface area (Å²) in [6.45, 7) is 2.16. The first kappa shape index (κ1) is 19.4. The topological polar surface area (TPSA) is 24.4 Å². The molecule has 30 heavy (non-hydrogen) atoms. The van der Waals surface area contributed by atoms with E-state index in [9.17, 15) is 0 Å². The van der Waals surface area contributed by atoms with E-state index in [1.54, 1.807) is 6.21 Å². The normalized spacial score (nSPS) is 22.0. The summed E-state index contributed by atoms with van der Waals surface area (Å²) < 4.78 is 0. The quantitative estimate of drug-likeness (QED) is 0.330. The van der Waals surface area contributed by atoms with Crippen LogP contribution in [0.5, 0.6) is 0 Å². The van der Waals surface area contributed by atoms with Gasteiger partial charge in [-0.3, -0.25) is 4.99 Å². The molecular weight excluding hydrogens is 411 g/mol. The first-order chi connectivity index (χ1) is 14.6. The zero-order valence-electron chi connectivity index (χ0n) is 16.6. The van der Waals surface area contributed by atoms with Crippen molar-refractivity contribution in [1.82, 2.24) is 0 Å². The third-order valence-electron chi connectivity index (χ3n) is 6.11. The van der Waals surface area contributed by atoms with Gasteiger partial charge in [0.2, 0.25) is 0 Å². The Morgan fingerprint density at radius 2 is 1.77 bits per heavy atom. The second-order valence-electron chi connectivity index (χ2n) is 8.05. The predicted molar refractivity (Wildman–Crippen MR) is 128 cm³/mol. The molecule has 150 valence electrons. The minimum atomic E-state index is 0.288. The largest absolute Gasteiger partial charge is 0.378 e. The van der Waals surface area contributed by atoms with Gasteiger partial charge in [-0.1, -0.05) is 71.2 Å². The van der Waals surface area contributed by atoms with Crippen molar-refractivity contribution < 1.29 is 0 Å². The number of nitrogens with zero attached hydrogens (tertiary/aromatic N) is 1. The van der Waals surface area contributed by atoms with E-state index in [-0.39, 0.29) is 6.04 Å². The zero-order valence-corrected chi connectivity index (χ0v) is 18.2. The van der Waals surface area contributed by atoms with Crippen LogP contribution in [0.15, 0.2) is 77.8 Å². The molecule has 2 nitrogen and oxygen atoms in total. The lowest BCUT2D eigenvalue weighted by molar-refractivity contribution is 0.425. The number of benzene rings is 3. The maximum absolute atomic E-state index is 6.24. The van der Waals surface area contributed by atoms with Gasteiger partial charge in [-0.25, -0.2) is 0 Å². The Balaban J connectivity index is 1.41. The van der Waals surface area contributed by atoms with Gasteiger partial charge in [0.1, 0.15) is 0 Å². The highest BCUT2D eigenvalue weighted by molar-refractivity contribution is 6.38. The molecule has 3 atom stereocenters. The summed E-state index contributed by atoms with van der Waals surface area (Å²) in [6, 6.07) is 20.9. The smallest absolute Gasteiger partial charge is 0.0630 e. The first-order valence-corrected chi connectivity index (χ1v) is 11.0. The number of hydrogen-bond acceptors (Lipinski definition) is 2. The van der Waals surface area contributed by atoms with Crippen molar-refractivity contribution >= 4 is 40.8 Å². The maximum Gasteiger partial charge on any atom is 0.0630 e. The fourth-order valence-electron chi connectivity index (χ4n) is 4.58. The van der Waals surface area contributed by atoms with Gasteiger partial charge >= 0.3 is 0 Å². The van der Waals surface area contributed by atoms with E-state index in [1.165, 1.54) is 22.4 Å². The summed E-state index contributed by atoms with van der Waals surface area (Å²) in [6.07, 6.45) is 7.53. The minimum absolute atomic E-state index is 0.288. The molecule has 5 rings (SSSR count). The molecule has 0 saturated carbocycles. The molecule has 0 unspecified atom stereocenters. The van der Waals surface area contributed by atoms with Crippen molar-refractivity contribution in [2.45, 2.75) is 25.3 Å². The molecule has 3 aromatic rings. The van der Waals surface area contributed by atoms with Gasteiger partial charge < -0.3 is 5.32 Å². The van der Waals surface area contributed by atoms with Crippen molar-refractivity contribution in [3.05, 3.63) is 105 Å². The Bertz CT molecular complexity index is 1130. The Kier molecular flexibility index (Phi) is 5.14. The van der Waals surface area contributed by atoms with Crippen LogP contribution in [0.2, 0.25) is 10.0 Å². The molecular formula is C26H22Cl2N2. The number of hydrogen-bond donors (Lipinski definition) is 1. The van der Waals surface area contributed by atoms with Gasteiger partial charge in [-0.05, 0) is 60.7 Å². The van der Waals surface area contributed by atoms with Crippen LogP contribution in [-0.4, -0.2) is 6.21 Å². The van der Waals surface area contributed by atoms with Gasteiger partial charge in [-0.2, -0.15) is 0 Å². The highest BCUT2D eigenvalue weighted by Crippen LogP contribution is 2.50. The Hall–Kier alpha value is -2.55. The fraction of sp³-hybridized carbons (Fsp3) is 0.192. The molecule has 0 amide bonds. The van der Waals surface area contributed by atoms with Crippen molar-refractivity contribution in [2.24, 2.45) is 10.9 Å². The number of allylic oxidation sites excluding steroid dienone is 2. The molecule has 1 aliphatic heterocycles. The average Bonchev–Trinajstić information content (AvgIpc) is 3.24. The Labute approximate surface area is 187 Å². The summed E-state index contributed by atoms with van der Waals surface area (Å²) in [5.74, 6) is 1.02. The van der Waals surface area contributed by atoms with Crippen molar-refractivity contribution in [1.29, 1.82) is 0 Å². The second-order valence-corrected chi connectivity index (χ2v) is 8.87. The van der Waals surface area contributed by atoms with Crippen LogP contribution < -0.4 is 5.32 Å². The van der Waals surface area contributed by atoms with Crippen LogP contribution >= 0.6 is 23.2 Å². The van der Waals surface area contributed by atoms with E-state index in [1.807, 2.05) is 18.2 Å². The van der Waals surface area contributed by atoms with Gasteiger partial charge in [0, 0.05) is 23.4 Å². The number of aliphatic imine (C=N–C) groups is 1. The first-order valence-electron chi connectivity index (χ1n) is 10.2. The van der Waals surface area contributed by atoms with E-state index in [0.717, 1.165) is 17.7 Å². The van der Waals surface area contributed by atoms with Crippen LogP contribution in [0.25, 0.3) is 0 Å². The number of anilines is 1. The van der Waals surface area contributed by atoms with E-state index in [2.05, 4.69) is 71.8 Å². The number of nitrogens with one attached hydrogen (secondary N) is 1. The number of aryl methyl sites for hydroxylation is 1. The summed E-state index contributed by atoms with van der Waals surface area (Å²) in [5.41, 5.74) is 6.88. The Morgan fingerprint density at radius 1 is 1.00 bits per heavy atom. The number of halogens is 2. The Morgan fingerprint density at radius 3 is 2.53 bits per heavy atom. The molecule has 1 aliphatic carbocycles. The molecule has 0 fully saturated rings. The highest BCUT2D eigenvalue weighted by atomic mass is 35.5. The second kappa shape index (κ2) is 7.94. The molecule has 0 saturated heterocycles. The molecule has 0 bridgehead atoms. The number of fused-ring (bicyclic) bond motifs is 3. The lowest BCUT2D eigenvalue weighted by Gasteiger charge is -2.37. The van der Waals surface area contributed by atoms with Crippen LogP contribution in [0.1, 0.15) is 40.6 Å². The summed E-state index contributed by atoms with van der Waals surface area (Å²) in [5, 5.41) is 4.99. The van der Waals surface area contributed by atoms with Gasteiger partial charge in [0.15, 0.2) is 0 Å². The third kappa shape index (κ3) is 3.55. The van der Waals surface area contributed by atoms with E-state index in [0.29, 0.717) is 21.9 Å². The lowest BCUT2D eigenvalue weighted by Crippen LogP contribution is -2.29. The minimum Gasteiger partial charge on any atom is -0.378 e. The molecule has 4 heteroatoms. The van der Waals surface area contributed by atoms with E-state index in [4.69, 9.17) is 23.2 Å². The predicted octanol–water partition coefficient (Wildman–Crippen LogP) is 7.88. The summed E-state index contributed by atoms with van der Waals surface area (Å²) >= 11 is 12.5. The van der Waals surface area contributed by atoms with Crippen LogP contribution in [0, 0.1) is 12.8 Å².